The summed E-state index contributed by atoms with van der Waals surface area (Å²) in [5, 5.41) is 8.57. The molecule has 6 nitrogen and oxygen atoms in total. The molecule has 0 spiro atoms. The van der Waals surface area contributed by atoms with Crippen LogP contribution in [0, 0.1) is 0 Å². The van der Waals surface area contributed by atoms with Gasteiger partial charge in [0.2, 0.25) is 0 Å². The summed E-state index contributed by atoms with van der Waals surface area (Å²) in [6.45, 7) is 42.7. The number of benzene rings is 9. The summed E-state index contributed by atoms with van der Waals surface area (Å²) in [4.78, 5) is 11.0. The first-order chi connectivity index (χ1) is 43.0. The van der Waals surface area contributed by atoms with Crippen LogP contribution in [0.4, 0.5) is 91.0 Å². The van der Waals surface area contributed by atoms with Gasteiger partial charge in [-0.25, -0.2) is 0 Å². The Morgan fingerprint density at radius 2 is 0.692 bits per heavy atom. The van der Waals surface area contributed by atoms with Crippen LogP contribution in [0.15, 0.2) is 158 Å². The van der Waals surface area contributed by atoms with E-state index in [2.05, 4.69) is 313 Å². The third-order valence-electron chi connectivity index (χ3n) is 21.0. The summed E-state index contributed by atoms with van der Waals surface area (Å²) in [5.74, 6) is 0. The predicted octanol–water partition coefficient (Wildman–Crippen LogP) is 18.5. The van der Waals surface area contributed by atoms with E-state index in [1.165, 1.54) is 177 Å². The number of nitrogens with zero attached hydrogens (tertiary/aromatic N) is 4. The average Bonchev–Trinajstić information content (AvgIpc) is 1.56. The molecule has 7 aliphatic rings. The van der Waals surface area contributed by atoms with E-state index >= 15 is 0 Å². The monoisotopic (exact) mass is 1250 g/mol. The Balaban J connectivity index is 1.02. The SMILES string of the molecule is CC(C)(C)c1cc2c3c(c1)B1c4ccc5c6c4N(c4cccc(c41)N3c1cc(C(C)(C)C)cc(C(C)(C)C)c1N2)c1c(-c2ccccc2)[se]c(-c2ccccc2)c1N6c1cccc2c1B5c1ccc(C(C)(C)C)c3c1N2c1cc(C(C)(C)C)cc(C(C)(C)C)c1N3. The molecule has 9 heteroatoms. The molecular weight excluding hydrogens is 1170 g/mol. The van der Waals surface area contributed by atoms with Gasteiger partial charge in [-0.05, 0) is 0 Å². The Bertz CT molecular complexity index is 4860. The van der Waals surface area contributed by atoms with E-state index in [0.29, 0.717) is 0 Å². The molecule has 7 aliphatic heterocycles. The fourth-order valence-corrected chi connectivity index (χ4v) is 19.2. The molecule has 0 atom stereocenters. The minimum atomic E-state index is -0.145. The molecule has 8 heterocycles. The Morgan fingerprint density at radius 1 is 0.297 bits per heavy atom. The first-order valence-corrected chi connectivity index (χ1v) is 34.9. The van der Waals surface area contributed by atoms with E-state index in [1.807, 2.05) is 0 Å². The molecule has 10 aromatic rings. The average molecular weight is 1250 g/mol. The van der Waals surface area contributed by atoms with Gasteiger partial charge in [-0.1, -0.05) is 0 Å². The Kier molecular flexibility index (Phi) is 11.5. The number of anilines is 16. The van der Waals surface area contributed by atoms with Crippen LogP contribution < -0.4 is 63.0 Å². The molecule has 0 unspecified atom stereocenters. The summed E-state index contributed by atoms with van der Waals surface area (Å²) >= 11 is -0.102. The van der Waals surface area contributed by atoms with Gasteiger partial charge in [-0.15, -0.1) is 0 Å². The molecule has 0 fully saturated rings. The zero-order chi connectivity index (χ0) is 63.4. The molecule has 0 bridgehead atoms. The molecule has 0 saturated heterocycles. The van der Waals surface area contributed by atoms with E-state index in [4.69, 9.17) is 0 Å². The number of hydrogen-bond acceptors (Lipinski definition) is 6. The normalized spacial score (nSPS) is 15.2. The van der Waals surface area contributed by atoms with Gasteiger partial charge in [0.15, 0.2) is 0 Å². The third kappa shape index (κ3) is 7.86. The number of rotatable bonds is 2. The molecular formula is C82H82B2N6Se. The van der Waals surface area contributed by atoms with Crippen molar-refractivity contribution >= 4 is 152 Å². The van der Waals surface area contributed by atoms with Crippen molar-refractivity contribution in [1.82, 2.24) is 0 Å². The predicted molar refractivity (Wildman–Crippen MR) is 395 cm³/mol. The van der Waals surface area contributed by atoms with Crippen LogP contribution in [-0.2, 0) is 32.5 Å². The number of fused-ring (bicyclic) bond motifs is 15. The second-order valence-electron chi connectivity index (χ2n) is 33.2. The van der Waals surface area contributed by atoms with Crippen molar-refractivity contribution in [1.29, 1.82) is 0 Å². The summed E-state index contributed by atoms with van der Waals surface area (Å²) in [6.07, 6.45) is 0. The molecule has 0 radical (unpaired) electrons. The maximum absolute atomic E-state index is 4.32. The second kappa shape index (κ2) is 18.4. The topological polar surface area (TPSA) is 37.0 Å². The second-order valence-corrected chi connectivity index (χ2v) is 35.4. The molecule has 0 aliphatic carbocycles. The summed E-state index contributed by atoms with van der Waals surface area (Å²) in [6, 6.07) is 62.7. The van der Waals surface area contributed by atoms with Gasteiger partial charge < -0.3 is 0 Å². The van der Waals surface area contributed by atoms with Crippen molar-refractivity contribution in [2.75, 3.05) is 30.2 Å². The van der Waals surface area contributed by atoms with Gasteiger partial charge in [-0.2, -0.15) is 0 Å². The van der Waals surface area contributed by atoms with Crippen molar-refractivity contribution < 1.29 is 0 Å². The van der Waals surface area contributed by atoms with Crippen molar-refractivity contribution in [3.8, 4) is 20.0 Å². The van der Waals surface area contributed by atoms with E-state index in [-0.39, 0.29) is 60.4 Å². The number of nitrogens with one attached hydrogen (secondary N) is 2. The molecule has 0 saturated carbocycles. The quantitative estimate of drug-likeness (QED) is 0.168. The van der Waals surface area contributed by atoms with E-state index in [0.717, 1.165) is 0 Å². The van der Waals surface area contributed by atoms with Crippen LogP contribution in [0.3, 0.4) is 0 Å². The van der Waals surface area contributed by atoms with E-state index in [9.17, 15) is 0 Å². The molecule has 9 aromatic carbocycles. The van der Waals surface area contributed by atoms with Crippen LogP contribution in [0.2, 0.25) is 0 Å². The Labute approximate surface area is 546 Å². The molecule has 452 valence electrons. The van der Waals surface area contributed by atoms with Crippen LogP contribution in [-0.4, -0.2) is 27.9 Å². The zero-order valence-electron chi connectivity index (χ0n) is 56.4. The maximum atomic E-state index is 4.32. The molecule has 17 rings (SSSR count). The van der Waals surface area contributed by atoms with E-state index < -0.39 is 0 Å². The van der Waals surface area contributed by atoms with Gasteiger partial charge in [0.1, 0.15) is 0 Å². The minimum absolute atomic E-state index is 0.0760. The van der Waals surface area contributed by atoms with Gasteiger partial charge in [0, 0.05) is 0 Å². The van der Waals surface area contributed by atoms with Gasteiger partial charge in [-0.3, -0.25) is 0 Å². The van der Waals surface area contributed by atoms with E-state index in [1.54, 1.807) is 0 Å². The first kappa shape index (κ1) is 56.9. The van der Waals surface area contributed by atoms with Crippen LogP contribution >= 0.6 is 0 Å². The number of hydrogen-bond donors (Lipinski definition) is 2. The fraction of sp³-hybridized carbons (Fsp3) is 0.293. The molecule has 1 aromatic heterocycles. The summed E-state index contributed by atoms with van der Waals surface area (Å²) in [5.41, 5.74) is 38.0. The molecule has 2 N–H and O–H groups in total. The van der Waals surface area contributed by atoms with Gasteiger partial charge in [0.05, 0.1) is 0 Å². The fourth-order valence-electron chi connectivity index (χ4n) is 16.5. The van der Waals surface area contributed by atoms with Crippen molar-refractivity contribution in [2.24, 2.45) is 0 Å². The van der Waals surface area contributed by atoms with Crippen LogP contribution in [0.25, 0.3) is 20.0 Å². The first-order valence-electron chi connectivity index (χ1n) is 33.2. The van der Waals surface area contributed by atoms with Gasteiger partial charge in [0.25, 0.3) is 0 Å². The molecule has 91 heavy (non-hydrogen) atoms. The third-order valence-corrected chi connectivity index (χ3v) is 23.6. The Hall–Kier alpha value is -8.09. The van der Waals surface area contributed by atoms with Crippen molar-refractivity contribution in [2.45, 2.75) is 157 Å². The molecule has 0 amide bonds. The summed E-state index contributed by atoms with van der Waals surface area (Å²) in [7, 11) is 0. The van der Waals surface area contributed by atoms with Crippen LogP contribution in [0.5, 0.6) is 0 Å². The van der Waals surface area contributed by atoms with Gasteiger partial charge >= 0.3 is 550 Å². The Morgan fingerprint density at radius 3 is 1.14 bits per heavy atom. The summed E-state index contributed by atoms with van der Waals surface area (Å²) < 4.78 is 2.81. The van der Waals surface area contributed by atoms with Crippen molar-refractivity contribution in [3.63, 3.8) is 0 Å². The standard InChI is InChI=1S/C82H82B2N6Se/c1-77(2,3)47-39-51(81(13,14)15)66-62(43-47)87-58-31-25-34-61-65(58)84(56-41-49(79(7,8)9)42-57(85-66)69(56)87)55-38-37-54-71-72(55)90(61)74-73(75(45-27-21-19-22-28-45)91-76(74)46-29-23-20-24-30-46)89(71)60-33-26-32-59-64(60)83(54)53-36-35-50(80(10,11)12)68-70(53)88(59)63-44-48(78(4,5)6)40-52(67(63)86-68)82(16,17)18/h19-44,85-86H,1-18H3. The van der Waals surface area contributed by atoms with Crippen LogP contribution in [0.1, 0.15) is 158 Å². The van der Waals surface area contributed by atoms with Crippen molar-refractivity contribution in [3.05, 3.63) is 191 Å². The zero-order valence-corrected chi connectivity index (χ0v) is 58.1.